The lowest BCUT2D eigenvalue weighted by atomic mass is 10.1. The summed E-state index contributed by atoms with van der Waals surface area (Å²) in [5.41, 5.74) is 6.01. The van der Waals surface area contributed by atoms with Crippen LogP contribution >= 0.6 is 35.0 Å². The second-order valence-corrected chi connectivity index (χ2v) is 5.62. The zero-order valence-electron chi connectivity index (χ0n) is 9.83. The zero-order valence-corrected chi connectivity index (χ0v) is 12.8. The van der Waals surface area contributed by atoms with E-state index in [1.54, 1.807) is 0 Å². The lowest BCUT2D eigenvalue weighted by Gasteiger charge is -2.30. The fourth-order valence-electron chi connectivity index (χ4n) is 2.17. The maximum atomic E-state index is 13.8. The highest BCUT2D eigenvalue weighted by Crippen LogP contribution is 2.21. The molecular weight excluding hydrogens is 372 g/mol. The smallest absolute Gasteiger partial charge is 0.143 e. The van der Waals surface area contributed by atoms with Gasteiger partial charge in [0.05, 0.1) is 0 Å². The van der Waals surface area contributed by atoms with Crippen LogP contribution in [0.5, 0.6) is 0 Å². The molecule has 1 aliphatic heterocycles. The van der Waals surface area contributed by atoms with Gasteiger partial charge in [0.25, 0.3) is 0 Å². The summed E-state index contributed by atoms with van der Waals surface area (Å²) in [5.74, 6) is -0.910. The van der Waals surface area contributed by atoms with Crippen molar-refractivity contribution in [1.29, 1.82) is 0 Å². The van der Waals surface area contributed by atoms with Crippen molar-refractivity contribution in [2.24, 2.45) is 5.73 Å². The summed E-state index contributed by atoms with van der Waals surface area (Å²) in [6.07, 6.45) is 1.99. The van der Waals surface area contributed by atoms with Crippen LogP contribution in [0, 0.1) is 15.2 Å². The van der Waals surface area contributed by atoms with Crippen molar-refractivity contribution in [2.45, 2.75) is 25.4 Å². The number of likely N-dealkylation sites (tertiary alicyclic amines) is 1. The first-order valence-corrected chi connectivity index (χ1v) is 6.76. The summed E-state index contributed by atoms with van der Waals surface area (Å²) in [6.45, 7) is 1.88. The summed E-state index contributed by atoms with van der Waals surface area (Å²) in [6, 6.07) is 2.90. The summed E-state index contributed by atoms with van der Waals surface area (Å²) in [4.78, 5) is 2.02. The van der Waals surface area contributed by atoms with Crippen LogP contribution in [0.2, 0.25) is 0 Å². The molecule has 2 rings (SSSR count). The Labute approximate surface area is 125 Å². The second kappa shape index (κ2) is 6.98. The maximum absolute atomic E-state index is 13.8. The Bertz CT molecular complexity index is 417. The Hall–Kier alpha value is 0.0200. The van der Waals surface area contributed by atoms with E-state index in [0.29, 0.717) is 16.7 Å². The molecule has 1 heterocycles. The number of benzene rings is 1. The number of halogens is 4. The molecule has 0 spiro atoms. The van der Waals surface area contributed by atoms with Gasteiger partial charge < -0.3 is 5.73 Å². The highest BCUT2D eigenvalue weighted by Gasteiger charge is 2.20. The predicted octanol–water partition coefficient (Wildman–Crippen LogP) is 2.91. The molecule has 1 aromatic rings. The first-order valence-electron chi connectivity index (χ1n) is 5.68. The normalized spacial score (nSPS) is 20.6. The molecular formula is C12H16ClF2IN2. The van der Waals surface area contributed by atoms with Gasteiger partial charge in [-0.3, -0.25) is 4.90 Å². The van der Waals surface area contributed by atoms with Gasteiger partial charge in [-0.2, -0.15) is 0 Å². The van der Waals surface area contributed by atoms with Crippen molar-refractivity contribution >= 4 is 35.0 Å². The Balaban J connectivity index is 0.00000162. The molecule has 1 unspecified atom stereocenters. The van der Waals surface area contributed by atoms with Gasteiger partial charge in [0.15, 0.2) is 0 Å². The second-order valence-electron chi connectivity index (χ2n) is 4.46. The molecule has 2 nitrogen and oxygen atoms in total. The molecule has 0 bridgehead atoms. The summed E-state index contributed by atoms with van der Waals surface area (Å²) < 4.78 is 27.8. The highest BCUT2D eigenvalue weighted by molar-refractivity contribution is 14.1. The van der Waals surface area contributed by atoms with Gasteiger partial charge in [-0.05, 0) is 54.1 Å². The molecule has 1 atom stereocenters. The number of rotatable bonds is 2. The molecule has 102 valence electrons. The van der Waals surface area contributed by atoms with Crippen LogP contribution in [-0.4, -0.2) is 24.0 Å². The van der Waals surface area contributed by atoms with Crippen LogP contribution in [0.15, 0.2) is 12.1 Å². The molecule has 0 saturated carbocycles. The molecule has 0 amide bonds. The first kappa shape index (κ1) is 16.1. The lowest BCUT2D eigenvalue weighted by Crippen LogP contribution is -2.42. The quantitative estimate of drug-likeness (QED) is 0.623. The predicted molar refractivity (Wildman–Crippen MR) is 78.8 cm³/mol. The van der Waals surface area contributed by atoms with E-state index in [4.69, 9.17) is 5.73 Å². The van der Waals surface area contributed by atoms with Crippen molar-refractivity contribution in [1.82, 2.24) is 4.90 Å². The van der Waals surface area contributed by atoms with Crippen LogP contribution in [-0.2, 0) is 6.54 Å². The fraction of sp³-hybridized carbons (Fsp3) is 0.500. The first-order chi connectivity index (χ1) is 8.08. The molecule has 1 saturated heterocycles. The van der Waals surface area contributed by atoms with E-state index >= 15 is 0 Å². The van der Waals surface area contributed by atoms with Gasteiger partial charge in [-0.1, -0.05) is 0 Å². The van der Waals surface area contributed by atoms with E-state index in [0.717, 1.165) is 19.4 Å². The van der Waals surface area contributed by atoms with Crippen molar-refractivity contribution in [3.05, 3.63) is 32.9 Å². The third kappa shape index (κ3) is 3.76. The summed E-state index contributed by atoms with van der Waals surface area (Å²) in [5, 5.41) is 0. The van der Waals surface area contributed by atoms with Crippen molar-refractivity contribution in [2.75, 3.05) is 13.1 Å². The van der Waals surface area contributed by atoms with Crippen molar-refractivity contribution < 1.29 is 8.78 Å². The van der Waals surface area contributed by atoms with E-state index in [2.05, 4.69) is 0 Å². The number of nitrogens with zero attached hydrogens (tertiary/aromatic N) is 1. The maximum Gasteiger partial charge on any atom is 0.143 e. The molecule has 0 aliphatic carbocycles. The van der Waals surface area contributed by atoms with Crippen molar-refractivity contribution in [3.8, 4) is 0 Å². The molecule has 18 heavy (non-hydrogen) atoms. The van der Waals surface area contributed by atoms with Crippen molar-refractivity contribution in [3.63, 3.8) is 0 Å². The average molecular weight is 389 g/mol. The minimum atomic E-state index is -0.470. The third-order valence-corrected chi connectivity index (χ3v) is 3.90. The average Bonchev–Trinajstić information content (AvgIpc) is 2.30. The minimum Gasteiger partial charge on any atom is -0.327 e. The van der Waals surface area contributed by atoms with Gasteiger partial charge >= 0.3 is 0 Å². The summed E-state index contributed by atoms with van der Waals surface area (Å²) >= 11 is 1.88. The molecule has 1 aliphatic rings. The number of hydrogen-bond acceptors (Lipinski definition) is 2. The van der Waals surface area contributed by atoms with Crippen LogP contribution in [0.4, 0.5) is 8.78 Å². The Morgan fingerprint density at radius 2 is 2.11 bits per heavy atom. The van der Waals surface area contributed by atoms with E-state index in [9.17, 15) is 8.78 Å². The van der Waals surface area contributed by atoms with E-state index in [-0.39, 0.29) is 24.0 Å². The largest absolute Gasteiger partial charge is 0.327 e. The van der Waals surface area contributed by atoms with Gasteiger partial charge in [0.1, 0.15) is 11.6 Å². The Morgan fingerprint density at radius 1 is 1.39 bits per heavy atom. The summed E-state index contributed by atoms with van der Waals surface area (Å²) in [7, 11) is 0. The molecule has 1 fully saturated rings. The third-order valence-electron chi connectivity index (χ3n) is 3.06. The van der Waals surface area contributed by atoms with E-state index < -0.39 is 11.6 Å². The minimum absolute atomic E-state index is 0. The van der Waals surface area contributed by atoms with Gasteiger partial charge in [-0.25, -0.2) is 8.78 Å². The molecule has 6 heteroatoms. The van der Waals surface area contributed by atoms with E-state index in [1.165, 1.54) is 12.1 Å². The molecule has 1 aromatic carbocycles. The van der Waals surface area contributed by atoms with Crippen LogP contribution in [0.3, 0.4) is 0 Å². The van der Waals surface area contributed by atoms with E-state index in [1.807, 2.05) is 27.5 Å². The molecule has 2 N–H and O–H groups in total. The zero-order chi connectivity index (χ0) is 12.4. The van der Waals surface area contributed by atoms with Crippen LogP contribution < -0.4 is 5.73 Å². The lowest BCUT2D eigenvalue weighted by molar-refractivity contribution is 0.196. The Morgan fingerprint density at radius 3 is 2.78 bits per heavy atom. The number of nitrogens with two attached hydrogens (primary N) is 1. The van der Waals surface area contributed by atoms with Gasteiger partial charge in [0.2, 0.25) is 0 Å². The molecule has 0 aromatic heterocycles. The fourth-order valence-corrected chi connectivity index (χ4v) is 2.68. The monoisotopic (exact) mass is 388 g/mol. The molecule has 0 radical (unpaired) electrons. The highest BCUT2D eigenvalue weighted by atomic mass is 127. The SMILES string of the molecule is Cl.NC1CCCN(Cc2c(F)ccc(I)c2F)C1. The van der Waals surface area contributed by atoms with Crippen LogP contribution in [0.25, 0.3) is 0 Å². The topological polar surface area (TPSA) is 29.3 Å². The van der Waals surface area contributed by atoms with Crippen LogP contribution in [0.1, 0.15) is 18.4 Å². The number of hydrogen-bond donors (Lipinski definition) is 1. The number of piperidine rings is 1. The Kier molecular flexibility index (Phi) is 6.23. The van der Waals surface area contributed by atoms with Gasteiger partial charge in [-0.15, -0.1) is 12.4 Å². The standard InChI is InChI=1S/C12H15F2IN2.ClH/c13-10-3-4-11(15)12(14)9(10)7-17-5-1-2-8(16)6-17;/h3-4,8H,1-2,5-7,16H2;1H. The van der Waals surface area contributed by atoms with Gasteiger partial charge in [0, 0.05) is 28.3 Å².